The number of fused-ring (bicyclic) bond motifs is 6. The molecular formula is C106H68N10O2P2S4. The second-order valence-corrected chi connectivity index (χ2v) is 39.3. The van der Waals surface area contributed by atoms with Crippen LogP contribution in [0.25, 0.3) is 135 Å². The lowest BCUT2D eigenvalue weighted by molar-refractivity contribution is 0.591. The molecule has 22 rings (SSSR count). The molecule has 0 atom stereocenters. The minimum atomic E-state index is -3.26. The van der Waals surface area contributed by atoms with Crippen molar-refractivity contribution in [3.8, 4) is 113 Å². The highest BCUT2D eigenvalue weighted by Crippen LogP contribution is 2.54. The van der Waals surface area contributed by atoms with Gasteiger partial charge in [-0.1, -0.05) is 387 Å². The van der Waals surface area contributed by atoms with Crippen LogP contribution in [0.15, 0.2) is 452 Å². The molecule has 2 aliphatic heterocycles. The number of hydrogen-bond donors (Lipinski definition) is 0. The summed E-state index contributed by atoms with van der Waals surface area (Å²) in [6, 6.07) is 138. The van der Waals surface area contributed by atoms with Crippen LogP contribution in [-0.2, 0) is 9.13 Å². The molecule has 588 valence electrons. The number of para-hydroxylation sites is 4. The molecule has 0 fully saturated rings. The third-order valence-corrected chi connectivity index (χ3v) is 32.6. The lowest BCUT2D eigenvalue weighted by Gasteiger charge is -2.24. The van der Waals surface area contributed by atoms with Crippen molar-refractivity contribution in [2.75, 3.05) is 0 Å². The maximum absolute atomic E-state index is 15.6. The SMILES string of the molecule is O=P(c1ccccc1)(c1ccccc1)c1cccc(-c2cc3c(cc2-c2cccc(P(=O)(c4ccccc4)c4ccccc4)c2)Sc2nc4ccccc4nc2S3)c1.c1ccc(-c2nc(-c3ccccc3)nc(-c3cccc(-c4cc5c(cc4-c4cccc(-c6nc(-c7ccccc7)nc(-c7ccccc7)n6)c4)Sc4nc6ccccc6nc4S5)c3)n2)cc1. The molecular weight excluding hydrogens is 1640 g/mol. The second-order valence-electron chi connectivity index (χ2n) is 29.6. The quantitative estimate of drug-likeness (QED) is 0.0839. The fraction of sp³-hybridized carbons (Fsp3) is 0. The molecule has 16 aromatic carbocycles. The molecule has 0 radical (unpaired) electrons. The van der Waals surface area contributed by atoms with Gasteiger partial charge in [-0.05, 0) is 117 Å². The van der Waals surface area contributed by atoms with Crippen LogP contribution in [0, 0.1) is 0 Å². The summed E-state index contributed by atoms with van der Waals surface area (Å²) in [4.78, 5) is 54.7. The Labute approximate surface area is 733 Å². The molecule has 0 bridgehead atoms. The van der Waals surface area contributed by atoms with Gasteiger partial charge in [0.05, 0.1) is 22.1 Å². The zero-order valence-corrected chi connectivity index (χ0v) is 71.1. The fourth-order valence-corrected chi connectivity index (χ4v) is 25.4. The van der Waals surface area contributed by atoms with E-state index in [2.05, 4.69) is 97.1 Å². The molecule has 12 nitrogen and oxygen atoms in total. The predicted molar refractivity (Wildman–Crippen MR) is 508 cm³/mol. The van der Waals surface area contributed by atoms with Gasteiger partial charge in [-0.25, -0.2) is 49.8 Å². The maximum Gasteiger partial charge on any atom is 0.171 e. The Hall–Kier alpha value is -13.9. The minimum Gasteiger partial charge on any atom is -0.309 e. The van der Waals surface area contributed by atoms with Crippen LogP contribution < -0.4 is 31.8 Å². The van der Waals surface area contributed by atoms with Crippen LogP contribution in [0.4, 0.5) is 0 Å². The van der Waals surface area contributed by atoms with E-state index in [1.54, 1.807) is 47.0 Å². The average Bonchev–Trinajstić information content (AvgIpc) is 0.743. The molecule has 0 saturated carbocycles. The molecule has 20 aromatic rings. The average molecular weight is 1700 g/mol. The summed E-state index contributed by atoms with van der Waals surface area (Å²) in [6.45, 7) is 0. The predicted octanol–water partition coefficient (Wildman–Crippen LogP) is 24.8. The molecule has 18 heteroatoms. The molecule has 0 unspecified atom stereocenters. The van der Waals surface area contributed by atoms with Crippen LogP contribution >= 0.6 is 61.3 Å². The van der Waals surface area contributed by atoms with Crippen LogP contribution in [0.3, 0.4) is 0 Å². The molecule has 0 amide bonds. The van der Waals surface area contributed by atoms with Crippen molar-refractivity contribution in [2.45, 2.75) is 39.7 Å². The number of rotatable bonds is 16. The highest BCUT2D eigenvalue weighted by Gasteiger charge is 2.34. The third-order valence-electron chi connectivity index (χ3n) is 21.8. The van der Waals surface area contributed by atoms with E-state index in [0.29, 0.717) is 34.9 Å². The maximum atomic E-state index is 15.6. The molecule has 6 heterocycles. The van der Waals surface area contributed by atoms with Gasteiger partial charge < -0.3 is 9.13 Å². The highest BCUT2D eigenvalue weighted by atomic mass is 32.2. The van der Waals surface area contributed by atoms with Gasteiger partial charge in [0.1, 0.15) is 20.1 Å². The zero-order valence-electron chi connectivity index (χ0n) is 66.1. The summed E-state index contributed by atoms with van der Waals surface area (Å²) in [5, 5.41) is 8.16. The van der Waals surface area contributed by atoms with Crippen molar-refractivity contribution >= 4 is 115 Å². The highest BCUT2D eigenvalue weighted by molar-refractivity contribution is 8.05. The van der Waals surface area contributed by atoms with Crippen molar-refractivity contribution in [1.29, 1.82) is 0 Å². The Kier molecular flexibility index (Phi) is 21.1. The van der Waals surface area contributed by atoms with Gasteiger partial charge in [0.2, 0.25) is 0 Å². The topological polar surface area (TPSA) is 163 Å². The molecule has 124 heavy (non-hydrogen) atoms. The second kappa shape index (κ2) is 33.8. The van der Waals surface area contributed by atoms with Gasteiger partial charge >= 0.3 is 0 Å². The minimum absolute atomic E-state index is 0.588. The van der Waals surface area contributed by atoms with Gasteiger partial charge in [0.15, 0.2) is 49.2 Å². The largest absolute Gasteiger partial charge is 0.309 e. The van der Waals surface area contributed by atoms with Crippen LogP contribution in [-0.4, -0.2) is 49.8 Å². The van der Waals surface area contributed by atoms with Crippen molar-refractivity contribution in [2.24, 2.45) is 0 Å². The Bertz CT molecular complexity index is 6920. The molecule has 2 aliphatic rings. The van der Waals surface area contributed by atoms with E-state index >= 15 is 9.13 Å². The first-order valence-corrected chi connectivity index (χ1v) is 47.0. The van der Waals surface area contributed by atoms with Crippen molar-refractivity contribution in [1.82, 2.24) is 49.8 Å². The monoisotopic (exact) mass is 1700 g/mol. The zero-order chi connectivity index (χ0) is 82.9. The van der Waals surface area contributed by atoms with Crippen molar-refractivity contribution in [3.63, 3.8) is 0 Å². The first kappa shape index (κ1) is 77.4. The number of nitrogens with zero attached hydrogens (tertiary/aromatic N) is 10. The molecule has 0 spiro atoms. The summed E-state index contributed by atoms with van der Waals surface area (Å²) < 4.78 is 31.2. The normalized spacial score (nSPS) is 12.1. The lowest BCUT2D eigenvalue weighted by Crippen LogP contribution is -2.25. The Balaban J connectivity index is 0.000000153. The van der Waals surface area contributed by atoms with Crippen LogP contribution in [0.2, 0.25) is 0 Å². The van der Waals surface area contributed by atoms with E-state index in [1.165, 1.54) is 0 Å². The van der Waals surface area contributed by atoms with Gasteiger partial charge in [-0.2, -0.15) is 0 Å². The van der Waals surface area contributed by atoms with Crippen LogP contribution in [0.5, 0.6) is 0 Å². The molecule has 0 saturated heterocycles. The molecule has 0 aliphatic carbocycles. The van der Waals surface area contributed by atoms with Crippen molar-refractivity contribution in [3.05, 3.63) is 413 Å². The van der Waals surface area contributed by atoms with E-state index in [4.69, 9.17) is 49.8 Å². The summed E-state index contributed by atoms with van der Waals surface area (Å²) >= 11 is 6.55. The van der Waals surface area contributed by atoms with E-state index in [0.717, 1.165) is 171 Å². The standard InChI is InChI=1S/C56H34N8S2.C50H34N2O2P2S2/c1-5-17-35(18-6-1)49-59-50(36-19-7-2-8-20-36)62-53(61-49)41-27-15-25-39(31-41)43-33-47-48(66-56-55(65-47)57-45-29-13-14-30-46(45)58-56)34-44(43)40-26-16-28-42(32-40)54-63-51(37-21-9-3-10-22-37)60-52(64-54)38-23-11-4-12-24-38;53-55(37-19-5-1-6-20-37,38-21-7-2-8-22-38)41-27-15-17-35(31-41)43-33-47-48(58-50-49(57-47)51-45-29-13-14-30-46(45)52-50)34-44(43)36-18-16-28-42(32-36)56(54,39-23-9-3-10-24-39)40-25-11-4-12-26-40/h1-34H;1-34H. The first-order valence-electron chi connectivity index (χ1n) is 40.3. The van der Waals surface area contributed by atoms with Gasteiger partial charge in [0, 0.05) is 84.8 Å². The summed E-state index contributed by atoms with van der Waals surface area (Å²) in [5.74, 6) is 3.62. The third kappa shape index (κ3) is 15.4. The number of benzene rings is 16. The summed E-state index contributed by atoms with van der Waals surface area (Å²) in [6.07, 6.45) is 0. The molecule has 4 aromatic heterocycles. The first-order chi connectivity index (χ1) is 61.1. The Morgan fingerprint density at radius 3 is 0.597 bits per heavy atom. The van der Waals surface area contributed by atoms with Gasteiger partial charge in [-0.3, -0.25) is 0 Å². The van der Waals surface area contributed by atoms with Gasteiger partial charge in [0.25, 0.3) is 0 Å². The number of hydrogen-bond acceptors (Lipinski definition) is 16. The van der Waals surface area contributed by atoms with E-state index in [-0.39, 0.29) is 0 Å². The molecule has 0 N–H and O–H groups in total. The Morgan fingerprint density at radius 1 is 0.161 bits per heavy atom. The van der Waals surface area contributed by atoms with Crippen LogP contribution in [0.1, 0.15) is 0 Å². The van der Waals surface area contributed by atoms with E-state index < -0.39 is 14.3 Å². The van der Waals surface area contributed by atoms with E-state index in [9.17, 15) is 0 Å². The Morgan fingerprint density at radius 2 is 0.347 bits per heavy atom. The van der Waals surface area contributed by atoms with Gasteiger partial charge in [-0.15, -0.1) is 0 Å². The summed E-state index contributed by atoms with van der Waals surface area (Å²) in [5.41, 5.74) is 16.8. The summed E-state index contributed by atoms with van der Waals surface area (Å²) in [7, 11) is -6.53. The number of aromatic nitrogens is 10. The lowest BCUT2D eigenvalue weighted by atomic mass is 9.92. The fourth-order valence-electron chi connectivity index (χ4n) is 15.7. The smallest absolute Gasteiger partial charge is 0.171 e. The van der Waals surface area contributed by atoms with Crippen molar-refractivity contribution < 1.29 is 9.13 Å². The van der Waals surface area contributed by atoms with E-state index in [1.807, 2.05) is 315 Å².